The monoisotopic (exact) mass is 386 g/mol. The van der Waals surface area contributed by atoms with Gasteiger partial charge in [0, 0.05) is 5.39 Å². The fourth-order valence-electron chi connectivity index (χ4n) is 2.60. The van der Waals surface area contributed by atoms with E-state index in [9.17, 15) is 4.79 Å². The predicted octanol–water partition coefficient (Wildman–Crippen LogP) is 4.65. The number of hydrogen-bond acceptors (Lipinski definition) is 7. The average molecular weight is 387 g/mol. The van der Waals surface area contributed by atoms with Gasteiger partial charge >= 0.3 is 0 Å². The van der Waals surface area contributed by atoms with Gasteiger partial charge in [-0.1, -0.05) is 29.2 Å². The fourth-order valence-corrected chi connectivity index (χ4v) is 5.23. The zero-order valence-electron chi connectivity index (χ0n) is 13.6. The van der Waals surface area contributed by atoms with Gasteiger partial charge in [-0.3, -0.25) is 4.79 Å². The SMILES string of the molecule is Cc1cc(C)c2nc(NC(=O)CSc3ncnc4sccc34)sc2c1. The van der Waals surface area contributed by atoms with E-state index in [-0.39, 0.29) is 11.7 Å². The Morgan fingerprint density at radius 2 is 2.16 bits per heavy atom. The van der Waals surface area contributed by atoms with Gasteiger partial charge in [-0.25, -0.2) is 15.0 Å². The van der Waals surface area contributed by atoms with Crippen molar-refractivity contribution in [3.63, 3.8) is 0 Å². The minimum atomic E-state index is -0.0829. The number of thioether (sulfide) groups is 1. The molecule has 0 bridgehead atoms. The van der Waals surface area contributed by atoms with Crippen molar-refractivity contribution < 1.29 is 4.79 Å². The largest absolute Gasteiger partial charge is 0.301 e. The van der Waals surface area contributed by atoms with Gasteiger partial charge in [0.1, 0.15) is 16.2 Å². The number of amides is 1. The first kappa shape index (κ1) is 16.4. The number of benzene rings is 1. The van der Waals surface area contributed by atoms with Gasteiger partial charge in [-0.05, 0) is 42.5 Å². The van der Waals surface area contributed by atoms with Gasteiger partial charge in [-0.2, -0.15) is 0 Å². The van der Waals surface area contributed by atoms with Crippen molar-refractivity contribution in [3.8, 4) is 0 Å². The number of rotatable bonds is 4. The molecule has 126 valence electrons. The van der Waals surface area contributed by atoms with Crippen molar-refractivity contribution in [2.24, 2.45) is 0 Å². The summed E-state index contributed by atoms with van der Waals surface area (Å²) >= 11 is 4.49. The summed E-state index contributed by atoms with van der Waals surface area (Å²) in [7, 11) is 0. The molecular formula is C17H14N4OS3. The molecule has 0 aliphatic carbocycles. The lowest BCUT2D eigenvalue weighted by Crippen LogP contribution is -2.13. The van der Waals surface area contributed by atoms with Crippen LogP contribution in [0.1, 0.15) is 11.1 Å². The van der Waals surface area contributed by atoms with Crippen molar-refractivity contribution >= 4 is 65.9 Å². The van der Waals surface area contributed by atoms with E-state index in [4.69, 9.17) is 0 Å². The van der Waals surface area contributed by atoms with E-state index in [1.54, 1.807) is 11.3 Å². The summed E-state index contributed by atoms with van der Waals surface area (Å²) in [5.41, 5.74) is 3.28. The molecule has 3 aromatic heterocycles. The first-order valence-electron chi connectivity index (χ1n) is 7.59. The molecule has 4 aromatic rings. The number of carbonyl (C=O) groups excluding carboxylic acids is 1. The van der Waals surface area contributed by atoms with Crippen LogP contribution in [0.2, 0.25) is 0 Å². The van der Waals surface area contributed by atoms with Crippen LogP contribution in [0, 0.1) is 13.8 Å². The zero-order valence-corrected chi connectivity index (χ0v) is 16.0. The van der Waals surface area contributed by atoms with Crippen molar-refractivity contribution in [1.82, 2.24) is 15.0 Å². The van der Waals surface area contributed by atoms with E-state index in [1.807, 2.05) is 18.4 Å². The molecular weight excluding hydrogens is 372 g/mol. The number of anilines is 1. The Morgan fingerprint density at radius 3 is 3.04 bits per heavy atom. The Balaban J connectivity index is 1.47. The summed E-state index contributed by atoms with van der Waals surface area (Å²) in [5, 5.41) is 7.34. The Labute approximate surface area is 156 Å². The van der Waals surface area contributed by atoms with E-state index < -0.39 is 0 Å². The van der Waals surface area contributed by atoms with Crippen LogP contribution in [-0.2, 0) is 4.79 Å². The molecule has 1 N–H and O–H groups in total. The van der Waals surface area contributed by atoms with E-state index in [1.165, 1.54) is 35.0 Å². The highest BCUT2D eigenvalue weighted by atomic mass is 32.2. The molecule has 0 aliphatic rings. The number of aryl methyl sites for hydroxylation is 2. The molecule has 0 fully saturated rings. The summed E-state index contributed by atoms with van der Waals surface area (Å²) in [6.07, 6.45) is 1.54. The lowest BCUT2D eigenvalue weighted by atomic mass is 10.1. The quantitative estimate of drug-likeness (QED) is 0.408. The maximum atomic E-state index is 12.3. The summed E-state index contributed by atoms with van der Waals surface area (Å²) in [5.74, 6) is 0.205. The Bertz CT molecular complexity index is 1090. The maximum absolute atomic E-state index is 12.3. The molecule has 1 aromatic carbocycles. The van der Waals surface area contributed by atoms with Crippen LogP contribution < -0.4 is 5.32 Å². The van der Waals surface area contributed by atoms with Gasteiger partial charge in [0.15, 0.2) is 5.13 Å². The van der Waals surface area contributed by atoms with E-state index >= 15 is 0 Å². The number of thiophene rings is 1. The molecule has 0 unspecified atom stereocenters. The number of nitrogens with one attached hydrogen (secondary N) is 1. The van der Waals surface area contributed by atoms with Crippen molar-refractivity contribution in [3.05, 3.63) is 41.0 Å². The standard InChI is InChI=1S/C17H14N4OS3/c1-9-5-10(2)14-12(6-9)25-17(21-14)20-13(22)7-24-16-11-3-4-23-15(11)18-8-19-16/h3-6,8H,7H2,1-2H3,(H,20,21,22). The number of nitrogens with zero attached hydrogens (tertiary/aromatic N) is 3. The predicted molar refractivity (Wildman–Crippen MR) is 106 cm³/mol. The molecule has 0 aliphatic heterocycles. The Hall–Kier alpha value is -2.03. The van der Waals surface area contributed by atoms with E-state index in [0.29, 0.717) is 5.13 Å². The minimum Gasteiger partial charge on any atom is -0.301 e. The molecule has 0 saturated heterocycles. The smallest absolute Gasteiger partial charge is 0.236 e. The van der Waals surface area contributed by atoms with Crippen LogP contribution >= 0.6 is 34.4 Å². The molecule has 0 radical (unpaired) electrons. The second-order valence-corrected chi connectivity index (χ2v) is 8.49. The second kappa shape index (κ2) is 6.70. The fraction of sp³-hybridized carbons (Fsp3) is 0.176. The molecule has 8 heteroatoms. The Morgan fingerprint density at radius 1 is 1.28 bits per heavy atom. The maximum Gasteiger partial charge on any atom is 0.236 e. The number of thiazole rings is 1. The normalized spacial score (nSPS) is 11.3. The van der Waals surface area contributed by atoms with Gasteiger partial charge in [-0.15, -0.1) is 11.3 Å². The van der Waals surface area contributed by atoms with Crippen LogP contribution in [-0.4, -0.2) is 26.6 Å². The molecule has 25 heavy (non-hydrogen) atoms. The molecule has 4 rings (SSSR count). The van der Waals surface area contributed by atoms with Gasteiger partial charge < -0.3 is 5.32 Å². The number of carbonyl (C=O) groups is 1. The number of hydrogen-bond donors (Lipinski definition) is 1. The van der Waals surface area contributed by atoms with Gasteiger partial charge in [0.25, 0.3) is 0 Å². The molecule has 5 nitrogen and oxygen atoms in total. The lowest BCUT2D eigenvalue weighted by molar-refractivity contribution is -0.113. The van der Waals surface area contributed by atoms with Crippen LogP contribution in [0.4, 0.5) is 5.13 Å². The van der Waals surface area contributed by atoms with E-state index in [2.05, 4.69) is 39.3 Å². The third-order valence-corrected chi connectivity index (χ3v) is 6.39. The first-order chi connectivity index (χ1) is 12.1. The molecule has 1 amide bonds. The van der Waals surface area contributed by atoms with Crippen LogP contribution in [0.3, 0.4) is 0 Å². The Kier molecular flexibility index (Phi) is 4.41. The molecule has 0 atom stereocenters. The zero-order chi connectivity index (χ0) is 17.4. The highest BCUT2D eigenvalue weighted by Gasteiger charge is 2.12. The highest BCUT2D eigenvalue weighted by molar-refractivity contribution is 8.00. The van der Waals surface area contributed by atoms with Crippen LogP contribution in [0.25, 0.3) is 20.4 Å². The third-order valence-electron chi connectivity index (χ3n) is 3.64. The summed E-state index contributed by atoms with van der Waals surface area (Å²) in [6.45, 7) is 4.10. The number of aromatic nitrogens is 3. The van der Waals surface area contributed by atoms with Crippen molar-refractivity contribution in [1.29, 1.82) is 0 Å². The topological polar surface area (TPSA) is 67.8 Å². The summed E-state index contributed by atoms with van der Waals surface area (Å²) < 4.78 is 1.09. The summed E-state index contributed by atoms with van der Waals surface area (Å²) in [4.78, 5) is 26.3. The minimum absolute atomic E-state index is 0.0829. The average Bonchev–Trinajstić information content (AvgIpc) is 3.19. The van der Waals surface area contributed by atoms with Crippen LogP contribution in [0.15, 0.2) is 34.9 Å². The third kappa shape index (κ3) is 3.37. The molecule has 0 saturated carbocycles. The van der Waals surface area contributed by atoms with Crippen molar-refractivity contribution in [2.75, 3.05) is 11.1 Å². The molecule has 0 spiro atoms. The second-order valence-electron chi connectivity index (χ2n) is 5.60. The van der Waals surface area contributed by atoms with E-state index in [0.717, 1.165) is 31.0 Å². The van der Waals surface area contributed by atoms with Gasteiger partial charge in [0.05, 0.1) is 16.0 Å². The number of fused-ring (bicyclic) bond motifs is 2. The van der Waals surface area contributed by atoms with Crippen molar-refractivity contribution in [2.45, 2.75) is 18.9 Å². The highest BCUT2D eigenvalue weighted by Crippen LogP contribution is 2.30. The summed E-state index contributed by atoms with van der Waals surface area (Å²) in [6, 6.07) is 6.18. The first-order valence-corrected chi connectivity index (χ1v) is 10.3. The van der Waals surface area contributed by atoms with Gasteiger partial charge in [0.2, 0.25) is 5.91 Å². The lowest BCUT2D eigenvalue weighted by Gasteiger charge is -2.02. The molecule has 3 heterocycles. The van der Waals surface area contributed by atoms with Crippen LogP contribution in [0.5, 0.6) is 0 Å².